The zero-order valence-corrected chi connectivity index (χ0v) is 29.2. The molecule has 0 aliphatic heterocycles. The van der Waals surface area contributed by atoms with Gasteiger partial charge in [-0.25, -0.2) is 19.9 Å². The lowest BCUT2D eigenvalue weighted by molar-refractivity contribution is 1.12. The molecule has 8 aromatic rings. The second-order valence-corrected chi connectivity index (χ2v) is 12.2. The summed E-state index contributed by atoms with van der Waals surface area (Å²) in [5.41, 5.74) is 7.90. The lowest BCUT2D eigenvalue weighted by Gasteiger charge is -2.22. The van der Waals surface area contributed by atoms with Crippen molar-refractivity contribution in [3.05, 3.63) is 217 Å². The minimum absolute atomic E-state index is 0.797. The smallest absolute Gasteiger partial charge is 0.138 e. The fraction of sp³-hybridized carbons (Fsp3) is 0. The van der Waals surface area contributed by atoms with Crippen LogP contribution in [0.4, 0.5) is 34.6 Å². The number of hydrogen-bond acceptors (Lipinski definition) is 6. The summed E-state index contributed by atoms with van der Waals surface area (Å²) in [5.74, 6) is 16.4. The van der Waals surface area contributed by atoms with Crippen LogP contribution in [0.1, 0.15) is 22.3 Å². The maximum Gasteiger partial charge on any atom is 0.138 e. The Balaban J connectivity index is 0.920. The van der Waals surface area contributed by atoms with E-state index in [9.17, 15) is 0 Å². The zero-order chi connectivity index (χ0) is 36.4. The Morgan fingerprint density at radius 3 is 0.778 bits per heavy atom. The van der Waals surface area contributed by atoms with Gasteiger partial charge in [0.15, 0.2) is 0 Å². The minimum Gasteiger partial charge on any atom is -0.279 e. The van der Waals surface area contributed by atoms with Gasteiger partial charge in [0.05, 0.1) is 0 Å². The number of anilines is 6. The molecule has 4 aromatic carbocycles. The van der Waals surface area contributed by atoms with Crippen LogP contribution in [0.15, 0.2) is 195 Å². The van der Waals surface area contributed by atoms with Crippen LogP contribution in [0.2, 0.25) is 0 Å². The molecule has 4 heterocycles. The average molecular weight is 693 g/mol. The summed E-state index contributed by atoms with van der Waals surface area (Å²) in [7, 11) is 0. The van der Waals surface area contributed by atoms with Crippen LogP contribution in [0.3, 0.4) is 0 Å². The molecule has 0 saturated carbocycles. The van der Waals surface area contributed by atoms with Crippen molar-refractivity contribution in [1.29, 1.82) is 0 Å². The Hall–Kier alpha value is -7.80. The molecule has 0 bridgehead atoms. The number of nitrogens with zero attached hydrogens (tertiary/aromatic N) is 6. The van der Waals surface area contributed by atoms with Crippen LogP contribution in [0.5, 0.6) is 0 Å². The largest absolute Gasteiger partial charge is 0.279 e. The fourth-order valence-electron chi connectivity index (χ4n) is 5.88. The van der Waals surface area contributed by atoms with Gasteiger partial charge in [-0.2, -0.15) is 0 Å². The van der Waals surface area contributed by atoms with E-state index in [4.69, 9.17) is 0 Å². The van der Waals surface area contributed by atoms with E-state index in [1.807, 2.05) is 131 Å². The van der Waals surface area contributed by atoms with Crippen molar-refractivity contribution in [3.63, 3.8) is 0 Å². The lowest BCUT2D eigenvalue weighted by atomic mass is 10.0. The Kier molecular flexibility index (Phi) is 9.91. The third-order valence-electron chi connectivity index (χ3n) is 8.57. The predicted octanol–water partition coefficient (Wildman–Crippen LogP) is 10.7. The quantitative estimate of drug-likeness (QED) is 0.155. The normalized spacial score (nSPS) is 10.3. The highest BCUT2D eigenvalue weighted by molar-refractivity contribution is 5.74. The van der Waals surface area contributed by atoms with E-state index in [2.05, 4.69) is 92.1 Å². The molecule has 54 heavy (non-hydrogen) atoms. The van der Waals surface area contributed by atoms with E-state index in [1.165, 1.54) is 0 Å². The minimum atomic E-state index is 0.797. The van der Waals surface area contributed by atoms with Crippen molar-refractivity contribution in [1.82, 2.24) is 19.9 Å². The molecule has 0 aliphatic carbocycles. The number of aromatic nitrogens is 4. The third kappa shape index (κ3) is 7.90. The molecule has 0 fully saturated rings. The molecule has 8 rings (SSSR count). The zero-order valence-electron chi connectivity index (χ0n) is 29.2. The summed E-state index contributed by atoms with van der Waals surface area (Å²) in [6.45, 7) is 0. The Labute approximate surface area is 315 Å². The van der Waals surface area contributed by atoms with Crippen molar-refractivity contribution in [2.24, 2.45) is 0 Å². The lowest BCUT2D eigenvalue weighted by Crippen LogP contribution is -2.12. The highest BCUT2D eigenvalue weighted by atomic mass is 15.2. The Bertz CT molecular complexity index is 2290. The summed E-state index contributed by atoms with van der Waals surface area (Å²) < 4.78 is 0. The van der Waals surface area contributed by atoms with Crippen LogP contribution in [-0.4, -0.2) is 19.9 Å². The molecule has 0 unspecified atom stereocenters. The van der Waals surface area contributed by atoms with Gasteiger partial charge in [-0.1, -0.05) is 72.2 Å². The maximum atomic E-state index is 4.55. The van der Waals surface area contributed by atoms with E-state index in [0.29, 0.717) is 0 Å². The molecule has 0 N–H and O–H groups in total. The Morgan fingerprint density at radius 1 is 0.278 bits per heavy atom. The molecule has 0 atom stereocenters. The number of benzene rings is 4. The molecule has 6 nitrogen and oxygen atoms in total. The van der Waals surface area contributed by atoms with Gasteiger partial charge < -0.3 is 0 Å². The van der Waals surface area contributed by atoms with Crippen molar-refractivity contribution < 1.29 is 0 Å². The summed E-state index contributed by atoms with van der Waals surface area (Å²) >= 11 is 0. The summed E-state index contributed by atoms with van der Waals surface area (Å²) in [5, 5.41) is 0. The first kappa shape index (κ1) is 33.3. The molecule has 0 saturated heterocycles. The third-order valence-corrected chi connectivity index (χ3v) is 8.57. The molecular formula is C48H32N6. The first-order chi connectivity index (χ1) is 26.8. The monoisotopic (exact) mass is 692 g/mol. The number of hydrogen-bond donors (Lipinski definition) is 0. The molecule has 0 aliphatic rings. The molecule has 0 spiro atoms. The molecule has 4 aromatic heterocycles. The van der Waals surface area contributed by atoms with Gasteiger partial charge in [-0.05, 0) is 132 Å². The van der Waals surface area contributed by atoms with Crippen LogP contribution in [0, 0.1) is 23.7 Å². The van der Waals surface area contributed by atoms with Gasteiger partial charge in [0.25, 0.3) is 0 Å². The van der Waals surface area contributed by atoms with E-state index >= 15 is 0 Å². The van der Waals surface area contributed by atoms with Crippen molar-refractivity contribution >= 4 is 34.6 Å². The predicted molar refractivity (Wildman–Crippen MR) is 217 cm³/mol. The fourth-order valence-corrected chi connectivity index (χ4v) is 5.88. The summed E-state index contributed by atoms with van der Waals surface area (Å²) in [4.78, 5) is 22.3. The Morgan fingerprint density at radius 2 is 0.537 bits per heavy atom. The molecule has 254 valence electrons. The van der Waals surface area contributed by atoms with E-state index in [-0.39, 0.29) is 0 Å². The second-order valence-electron chi connectivity index (χ2n) is 12.2. The van der Waals surface area contributed by atoms with Gasteiger partial charge in [0.1, 0.15) is 23.3 Å². The maximum absolute atomic E-state index is 4.55. The molecular weight excluding hydrogens is 661 g/mol. The highest BCUT2D eigenvalue weighted by Gasteiger charge is 2.15. The van der Waals surface area contributed by atoms with E-state index in [1.54, 1.807) is 24.8 Å². The van der Waals surface area contributed by atoms with Crippen molar-refractivity contribution in [2.45, 2.75) is 0 Å². The standard InChI is InChI=1S/C48H32N6/c1-5-33-49-45(9-1)53(46-10-2-6-34-50-46)43-29-21-39(22-30-43)15-13-37-17-25-41(26-18-37)42-27-19-38(20-28-42)14-16-40-23-31-44(32-24-40)54(47-11-3-7-35-51-47)48-12-4-8-36-52-48/h1-12,17-36H. The van der Waals surface area contributed by atoms with Gasteiger partial charge in [0.2, 0.25) is 0 Å². The topological polar surface area (TPSA) is 58.0 Å². The summed E-state index contributed by atoms with van der Waals surface area (Å²) in [6, 6.07) is 56.3. The summed E-state index contributed by atoms with van der Waals surface area (Å²) in [6.07, 6.45) is 7.14. The van der Waals surface area contributed by atoms with Crippen molar-refractivity contribution in [3.8, 4) is 34.8 Å². The van der Waals surface area contributed by atoms with Crippen LogP contribution in [0.25, 0.3) is 11.1 Å². The number of pyridine rings is 4. The highest BCUT2D eigenvalue weighted by Crippen LogP contribution is 2.32. The van der Waals surface area contributed by atoms with E-state index < -0.39 is 0 Å². The van der Waals surface area contributed by atoms with Crippen LogP contribution in [-0.2, 0) is 0 Å². The molecule has 6 heteroatoms. The first-order valence-corrected chi connectivity index (χ1v) is 17.5. The van der Waals surface area contributed by atoms with Crippen molar-refractivity contribution in [2.75, 3.05) is 9.80 Å². The van der Waals surface area contributed by atoms with Gasteiger partial charge >= 0.3 is 0 Å². The molecule has 0 radical (unpaired) electrons. The van der Waals surface area contributed by atoms with Gasteiger partial charge in [-0.3, -0.25) is 9.80 Å². The van der Waals surface area contributed by atoms with Crippen LogP contribution < -0.4 is 9.80 Å². The van der Waals surface area contributed by atoms with Gasteiger partial charge in [-0.15, -0.1) is 0 Å². The average Bonchev–Trinajstić information content (AvgIpc) is 3.25. The van der Waals surface area contributed by atoms with Crippen LogP contribution >= 0.6 is 0 Å². The van der Waals surface area contributed by atoms with E-state index in [0.717, 1.165) is 68.0 Å². The molecule has 0 amide bonds. The second kappa shape index (κ2) is 16.0. The number of rotatable bonds is 7. The first-order valence-electron chi connectivity index (χ1n) is 17.5. The SMILES string of the molecule is C(#Cc1ccc(N(c2ccccn2)c2ccccn2)cc1)c1ccc(-c2ccc(C#Cc3ccc(N(c4ccccn4)c4ccccn4)cc3)cc2)cc1. The van der Waals surface area contributed by atoms with Gasteiger partial charge in [0, 0.05) is 58.4 Å².